The van der Waals surface area contributed by atoms with Crippen LogP contribution in [0.2, 0.25) is 0 Å². The second kappa shape index (κ2) is 6.89. The third-order valence-electron chi connectivity index (χ3n) is 5.00. The molecule has 3 atom stereocenters. The largest absolute Gasteiger partial charge is 0.394 e. The normalized spacial score (nSPS) is 25.2. The van der Waals surface area contributed by atoms with Crippen LogP contribution in [-0.4, -0.2) is 58.5 Å². The summed E-state index contributed by atoms with van der Waals surface area (Å²) >= 11 is 0. The number of fused-ring (bicyclic) bond motifs is 1. The van der Waals surface area contributed by atoms with Crippen LogP contribution in [0.3, 0.4) is 0 Å². The van der Waals surface area contributed by atoms with E-state index in [1.807, 2.05) is 24.3 Å². The summed E-state index contributed by atoms with van der Waals surface area (Å²) in [7, 11) is 0. The Bertz CT molecular complexity index is 730. The smallest absolute Gasteiger partial charge is 0.242 e. The summed E-state index contributed by atoms with van der Waals surface area (Å²) in [5, 5.41) is 9.75. The monoisotopic (exact) mass is 340 g/mol. The highest BCUT2D eigenvalue weighted by molar-refractivity contribution is 5.87. The Morgan fingerprint density at radius 2 is 2.00 bits per heavy atom. The maximum absolute atomic E-state index is 12.3. The number of aliphatic hydroxyl groups excluding tert-OH is 1. The molecule has 0 unspecified atom stereocenters. The lowest BCUT2D eigenvalue weighted by atomic mass is 9.73. The first kappa shape index (κ1) is 17.5. The lowest BCUT2D eigenvalue weighted by molar-refractivity contribution is -0.166. The molecule has 5 heteroatoms. The molecule has 0 radical (unpaired) electrons. The van der Waals surface area contributed by atoms with E-state index in [2.05, 4.69) is 25.7 Å². The van der Waals surface area contributed by atoms with E-state index in [9.17, 15) is 14.7 Å². The average Bonchev–Trinajstić information content (AvgIpc) is 2.55. The van der Waals surface area contributed by atoms with Crippen LogP contribution in [0.15, 0.2) is 24.3 Å². The Hall–Kier alpha value is -2.32. The fourth-order valence-corrected chi connectivity index (χ4v) is 3.76. The summed E-state index contributed by atoms with van der Waals surface area (Å²) in [6.45, 7) is 6.16. The van der Waals surface area contributed by atoms with Crippen molar-refractivity contribution in [2.24, 2.45) is 5.92 Å². The van der Waals surface area contributed by atoms with E-state index in [0.29, 0.717) is 12.5 Å². The van der Waals surface area contributed by atoms with E-state index < -0.39 is 0 Å². The summed E-state index contributed by atoms with van der Waals surface area (Å²) in [5.41, 5.74) is 2.04. The zero-order valence-corrected chi connectivity index (χ0v) is 14.9. The number of rotatable bonds is 2. The van der Waals surface area contributed by atoms with Gasteiger partial charge in [-0.2, -0.15) is 0 Å². The summed E-state index contributed by atoms with van der Waals surface area (Å²) in [5.74, 6) is 6.48. The highest BCUT2D eigenvalue weighted by atomic mass is 16.3. The molecule has 2 heterocycles. The van der Waals surface area contributed by atoms with Crippen LogP contribution in [0.5, 0.6) is 0 Å². The maximum atomic E-state index is 12.3. The minimum Gasteiger partial charge on any atom is -0.394 e. The Morgan fingerprint density at radius 3 is 2.56 bits per heavy atom. The van der Waals surface area contributed by atoms with Crippen molar-refractivity contribution < 1.29 is 14.7 Å². The van der Waals surface area contributed by atoms with Gasteiger partial charge in [-0.05, 0) is 17.7 Å². The van der Waals surface area contributed by atoms with Crippen molar-refractivity contribution in [3.63, 3.8) is 0 Å². The van der Waals surface area contributed by atoms with Gasteiger partial charge < -0.3 is 14.9 Å². The van der Waals surface area contributed by atoms with E-state index in [4.69, 9.17) is 0 Å². The third-order valence-corrected chi connectivity index (χ3v) is 5.00. The summed E-state index contributed by atoms with van der Waals surface area (Å²) in [4.78, 5) is 27.3. The number of hydrogen-bond donors (Lipinski definition) is 1. The molecular weight excluding hydrogens is 316 g/mol. The maximum Gasteiger partial charge on any atom is 0.242 e. The van der Waals surface area contributed by atoms with Gasteiger partial charge in [0.1, 0.15) is 0 Å². The molecule has 3 rings (SSSR count). The minimum atomic E-state index is -0.209. The second-order valence-corrected chi connectivity index (χ2v) is 7.09. The molecule has 2 saturated heterocycles. The van der Waals surface area contributed by atoms with Crippen molar-refractivity contribution in [2.45, 2.75) is 38.8 Å². The number of nitrogens with zero attached hydrogens (tertiary/aromatic N) is 2. The molecule has 2 amide bonds. The number of carbonyl (C=O) groups excluding carboxylic acids is 2. The number of hydrogen-bond acceptors (Lipinski definition) is 3. The van der Waals surface area contributed by atoms with E-state index in [1.54, 1.807) is 9.80 Å². The van der Waals surface area contributed by atoms with Gasteiger partial charge in [-0.25, -0.2) is 0 Å². The summed E-state index contributed by atoms with van der Waals surface area (Å²) < 4.78 is 0. The van der Waals surface area contributed by atoms with Crippen LogP contribution in [0.4, 0.5) is 0 Å². The first-order valence-corrected chi connectivity index (χ1v) is 8.71. The Morgan fingerprint density at radius 1 is 1.32 bits per heavy atom. The molecule has 2 fully saturated rings. The van der Waals surface area contributed by atoms with Crippen molar-refractivity contribution >= 4 is 11.8 Å². The molecule has 1 aromatic rings. The average molecular weight is 340 g/mol. The van der Waals surface area contributed by atoms with E-state index in [1.165, 1.54) is 6.92 Å². The summed E-state index contributed by atoms with van der Waals surface area (Å²) in [6, 6.07) is 7.73. The summed E-state index contributed by atoms with van der Waals surface area (Å²) in [6.07, 6.45) is 0. The molecule has 0 saturated carbocycles. The highest BCUT2D eigenvalue weighted by Gasteiger charge is 2.54. The van der Waals surface area contributed by atoms with Gasteiger partial charge in [0, 0.05) is 30.9 Å². The van der Waals surface area contributed by atoms with Crippen LogP contribution in [-0.2, 0) is 9.59 Å². The van der Waals surface area contributed by atoms with E-state index in [0.717, 1.165) is 11.1 Å². The number of aliphatic hydroxyl groups is 1. The van der Waals surface area contributed by atoms with Crippen molar-refractivity contribution in [3.8, 4) is 11.8 Å². The molecule has 0 aromatic heterocycles. The van der Waals surface area contributed by atoms with Crippen molar-refractivity contribution in [3.05, 3.63) is 35.4 Å². The van der Waals surface area contributed by atoms with Crippen molar-refractivity contribution in [1.29, 1.82) is 0 Å². The molecule has 25 heavy (non-hydrogen) atoms. The molecule has 0 bridgehead atoms. The van der Waals surface area contributed by atoms with Gasteiger partial charge >= 0.3 is 0 Å². The molecule has 5 nitrogen and oxygen atoms in total. The van der Waals surface area contributed by atoms with Crippen molar-refractivity contribution in [1.82, 2.24) is 9.80 Å². The van der Waals surface area contributed by atoms with Gasteiger partial charge in [0.15, 0.2) is 0 Å². The van der Waals surface area contributed by atoms with Gasteiger partial charge in [-0.1, -0.05) is 37.8 Å². The first-order chi connectivity index (χ1) is 11.9. The van der Waals surface area contributed by atoms with Gasteiger partial charge in [0.2, 0.25) is 11.8 Å². The number of benzene rings is 1. The highest BCUT2D eigenvalue weighted by Crippen LogP contribution is 2.42. The van der Waals surface area contributed by atoms with Gasteiger partial charge in [0.25, 0.3) is 0 Å². The fourth-order valence-electron chi connectivity index (χ4n) is 3.76. The van der Waals surface area contributed by atoms with Gasteiger partial charge in [-0.3, -0.25) is 9.59 Å². The standard InChI is InChI=1S/C20H24N2O3/c1-13(2)4-5-15-6-8-16(9-7-15)20-17-10-21(14(3)24)11-19(25)22(17)18(20)12-23/h6-9,13,17-18,20,23H,10-12H2,1-3H3/t17-,18-,20-/m0/s1. The van der Waals surface area contributed by atoms with Gasteiger partial charge in [-0.15, -0.1) is 0 Å². The SMILES string of the molecule is CC(=O)N1CC(=O)N2[C@@H](CO)[C@@H](c3ccc(C#CC(C)C)cc3)[C@@H]2C1. The van der Waals surface area contributed by atoms with Crippen molar-refractivity contribution in [2.75, 3.05) is 19.7 Å². The zero-order chi connectivity index (χ0) is 18.1. The van der Waals surface area contributed by atoms with E-state index >= 15 is 0 Å². The predicted octanol–water partition coefficient (Wildman–Crippen LogP) is 1.21. The zero-order valence-electron chi connectivity index (χ0n) is 14.9. The molecule has 1 aromatic carbocycles. The molecular formula is C20H24N2O3. The Kier molecular flexibility index (Phi) is 4.82. The lowest BCUT2D eigenvalue weighted by Gasteiger charge is -2.58. The molecule has 0 aliphatic carbocycles. The first-order valence-electron chi connectivity index (χ1n) is 8.71. The van der Waals surface area contributed by atoms with Crippen LogP contribution in [0, 0.1) is 17.8 Å². The van der Waals surface area contributed by atoms with Gasteiger partial charge in [0.05, 0.1) is 25.2 Å². The van der Waals surface area contributed by atoms with Crippen LogP contribution in [0.25, 0.3) is 0 Å². The Balaban J connectivity index is 1.82. The number of piperazine rings is 1. The predicted molar refractivity (Wildman–Crippen MR) is 94.7 cm³/mol. The molecule has 132 valence electrons. The molecule has 1 N–H and O–H groups in total. The molecule has 2 aliphatic heterocycles. The minimum absolute atomic E-state index is 0.0446. The topological polar surface area (TPSA) is 60.9 Å². The third kappa shape index (κ3) is 3.27. The van der Waals surface area contributed by atoms with Crippen LogP contribution >= 0.6 is 0 Å². The Labute approximate surface area is 148 Å². The fraction of sp³-hybridized carbons (Fsp3) is 0.500. The molecule has 2 aliphatic rings. The lowest BCUT2D eigenvalue weighted by Crippen LogP contribution is -2.73. The second-order valence-electron chi connectivity index (χ2n) is 7.09. The van der Waals surface area contributed by atoms with E-state index in [-0.39, 0.29) is 43.0 Å². The number of carbonyl (C=O) groups is 2. The molecule has 0 spiro atoms. The number of amides is 2. The van der Waals surface area contributed by atoms with Crippen LogP contribution in [0.1, 0.15) is 37.8 Å². The quantitative estimate of drug-likeness (QED) is 0.824. The van der Waals surface area contributed by atoms with Crippen LogP contribution < -0.4 is 0 Å².